The number of hydrogen-bond acceptors (Lipinski definition) is 5. The lowest BCUT2D eigenvalue weighted by molar-refractivity contribution is -0.141. The highest BCUT2D eigenvalue weighted by Crippen LogP contribution is 2.20. The molecule has 1 unspecified atom stereocenters. The molecule has 0 N–H and O–H groups in total. The molecule has 2 aliphatic rings. The number of carbonyl (C=O) groups is 2. The van der Waals surface area contributed by atoms with Gasteiger partial charge in [0.2, 0.25) is 0 Å². The van der Waals surface area contributed by atoms with Gasteiger partial charge in [-0.25, -0.2) is 4.79 Å². The van der Waals surface area contributed by atoms with Crippen LogP contribution in [0.4, 0.5) is 5.69 Å². The maximum Gasteiger partial charge on any atom is 0.337 e. The summed E-state index contributed by atoms with van der Waals surface area (Å²) in [4.78, 5) is 27.9. The Morgan fingerprint density at radius 3 is 2.39 bits per heavy atom. The van der Waals surface area contributed by atoms with Gasteiger partial charge in [0.15, 0.2) is 0 Å². The molecule has 1 atom stereocenters. The Bertz CT molecular complexity index is 558. The first kappa shape index (κ1) is 15.8. The minimum atomic E-state index is -0.330. The zero-order valence-electron chi connectivity index (χ0n) is 13.4. The Kier molecular flexibility index (Phi) is 4.81. The smallest absolute Gasteiger partial charge is 0.337 e. The molecule has 6 heteroatoms. The molecule has 23 heavy (non-hydrogen) atoms. The van der Waals surface area contributed by atoms with Crippen LogP contribution in [0.3, 0.4) is 0 Å². The number of esters is 1. The Hall–Kier alpha value is -2.08. The monoisotopic (exact) mass is 318 g/mol. The third kappa shape index (κ3) is 3.47. The van der Waals surface area contributed by atoms with E-state index >= 15 is 0 Å². The number of hydrogen-bond donors (Lipinski definition) is 0. The third-order valence-electron chi connectivity index (χ3n) is 4.45. The van der Waals surface area contributed by atoms with Crippen LogP contribution in [0.5, 0.6) is 0 Å². The molecule has 0 bridgehead atoms. The fourth-order valence-electron chi connectivity index (χ4n) is 3.09. The summed E-state index contributed by atoms with van der Waals surface area (Å²) < 4.78 is 10.2. The van der Waals surface area contributed by atoms with E-state index in [1.807, 2.05) is 17.0 Å². The number of rotatable bonds is 3. The van der Waals surface area contributed by atoms with E-state index in [9.17, 15) is 9.59 Å². The fourth-order valence-corrected chi connectivity index (χ4v) is 3.09. The topological polar surface area (TPSA) is 59.1 Å². The van der Waals surface area contributed by atoms with Gasteiger partial charge in [0.05, 0.1) is 12.7 Å². The van der Waals surface area contributed by atoms with Crippen LogP contribution in [0.15, 0.2) is 24.3 Å². The van der Waals surface area contributed by atoms with E-state index in [-0.39, 0.29) is 18.0 Å². The highest BCUT2D eigenvalue weighted by molar-refractivity contribution is 5.89. The van der Waals surface area contributed by atoms with Gasteiger partial charge in [0, 0.05) is 38.5 Å². The first-order valence-corrected chi connectivity index (χ1v) is 8.03. The van der Waals surface area contributed by atoms with Crippen molar-refractivity contribution in [3.63, 3.8) is 0 Å². The van der Waals surface area contributed by atoms with E-state index in [0.717, 1.165) is 31.6 Å². The summed E-state index contributed by atoms with van der Waals surface area (Å²) in [6.45, 7) is 3.68. The highest BCUT2D eigenvalue weighted by Gasteiger charge is 2.30. The number of anilines is 1. The number of ether oxygens (including phenoxy) is 2. The van der Waals surface area contributed by atoms with Gasteiger partial charge in [0.1, 0.15) is 6.10 Å². The quantitative estimate of drug-likeness (QED) is 0.786. The van der Waals surface area contributed by atoms with Gasteiger partial charge in [-0.3, -0.25) is 4.79 Å². The zero-order valence-corrected chi connectivity index (χ0v) is 13.4. The van der Waals surface area contributed by atoms with Gasteiger partial charge in [-0.05, 0) is 37.1 Å². The minimum absolute atomic E-state index is 0.128. The molecular weight excluding hydrogens is 296 g/mol. The predicted octanol–water partition coefficient (Wildman–Crippen LogP) is 1.30. The molecule has 6 nitrogen and oxygen atoms in total. The standard InChI is InChI=1S/C17H22N2O4/c1-22-17(21)13-4-6-14(7-5-13)18-8-10-19(11-9-18)16(20)15-3-2-12-23-15/h4-7,15H,2-3,8-12H2,1H3. The second kappa shape index (κ2) is 7.00. The predicted molar refractivity (Wildman–Crippen MR) is 85.5 cm³/mol. The van der Waals surface area contributed by atoms with Crippen LogP contribution in [0.25, 0.3) is 0 Å². The molecule has 124 valence electrons. The maximum atomic E-state index is 12.3. The normalized spacial score (nSPS) is 21.3. The molecule has 0 spiro atoms. The second-order valence-corrected chi connectivity index (χ2v) is 5.85. The molecular formula is C17H22N2O4. The van der Waals surface area contributed by atoms with Crippen molar-refractivity contribution in [3.8, 4) is 0 Å². The lowest BCUT2D eigenvalue weighted by Crippen LogP contribution is -2.51. The number of methoxy groups -OCH3 is 1. The number of benzene rings is 1. The van der Waals surface area contributed by atoms with Crippen LogP contribution in [-0.4, -0.2) is 62.8 Å². The van der Waals surface area contributed by atoms with Gasteiger partial charge in [-0.1, -0.05) is 0 Å². The zero-order chi connectivity index (χ0) is 16.2. The SMILES string of the molecule is COC(=O)c1ccc(N2CCN(C(=O)C3CCCO3)CC2)cc1. The van der Waals surface area contributed by atoms with E-state index in [2.05, 4.69) is 4.90 Å². The summed E-state index contributed by atoms with van der Waals surface area (Å²) >= 11 is 0. The molecule has 3 rings (SSSR count). The summed E-state index contributed by atoms with van der Waals surface area (Å²) in [6.07, 6.45) is 1.58. The lowest BCUT2D eigenvalue weighted by atomic mass is 10.1. The fraction of sp³-hybridized carbons (Fsp3) is 0.529. The van der Waals surface area contributed by atoms with Gasteiger partial charge < -0.3 is 19.3 Å². The van der Waals surface area contributed by atoms with Gasteiger partial charge in [-0.2, -0.15) is 0 Å². The van der Waals surface area contributed by atoms with E-state index in [1.54, 1.807) is 12.1 Å². The molecule has 2 aliphatic heterocycles. The van der Waals surface area contributed by atoms with Crippen LogP contribution in [0, 0.1) is 0 Å². The van der Waals surface area contributed by atoms with E-state index in [4.69, 9.17) is 9.47 Å². The van der Waals surface area contributed by atoms with E-state index in [0.29, 0.717) is 25.3 Å². The lowest BCUT2D eigenvalue weighted by Gasteiger charge is -2.37. The molecule has 2 fully saturated rings. The van der Waals surface area contributed by atoms with Crippen LogP contribution < -0.4 is 4.90 Å². The van der Waals surface area contributed by atoms with Crippen molar-refractivity contribution in [3.05, 3.63) is 29.8 Å². The van der Waals surface area contributed by atoms with Crippen molar-refractivity contribution in [2.45, 2.75) is 18.9 Å². The summed E-state index contributed by atoms with van der Waals surface area (Å²) in [5, 5.41) is 0. The van der Waals surface area contributed by atoms with Crippen LogP contribution in [0.2, 0.25) is 0 Å². The van der Waals surface area contributed by atoms with Crippen molar-refractivity contribution in [2.75, 3.05) is 44.8 Å². The van der Waals surface area contributed by atoms with Gasteiger partial charge in [0.25, 0.3) is 5.91 Å². The number of amides is 1. The van der Waals surface area contributed by atoms with E-state index in [1.165, 1.54) is 7.11 Å². The molecule has 0 saturated carbocycles. The summed E-state index contributed by atoms with van der Waals surface area (Å²) in [5.74, 6) is -0.202. The third-order valence-corrected chi connectivity index (χ3v) is 4.45. The van der Waals surface area contributed by atoms with Crippen LogP contribution in [-0.2, 0) is 14.3 Å². The molecule has 0 aromatic heterocycles. The van der Waals surface area contributed by atoms with Crippen molar-refractivity contribution >= 4 is 17.6 Å². The first-order valence-electron chi connectivity index (χ1n) is 8.03. The molecule has 0 aliphatic carbocycles. The number of carbonyl (C=O) groups excluding carboxylic acids is 2. The van der Waals surface area contributed by atoms with Gasteiger partial charge in [-0.15, -0.1) is 0 Å². The molecule has 1 aromatic carbocycles. The Morgan fingerprint density at radius 2 is 1.83 bits per heavy atom. The molecule has 0 radical (unpaired) electrons. The summed E-state index contributed by atoms with van der Waals surface area (Å²) in [6, 6.07) is 7.38. The number of nitrogens with zero attached hydrogens (tertiary/aromatic N) is 2. The van der Waals surface area contributed by atoms with Crippen LogP contribution >= 0.6 is 0 Å². The van der Waals surface area contributed by atoms with Crippen molar-refractivity contribution < 1.29 is 19.1 Å². The molecule has 2 heterocycles. The maximum absolute atomic E-state index is 12.3. The Balaban J connectivity index is 1.56. The Morgan fingerprint density at radius 1 is 1.13 bits per heavy atom. The minimum Gasteiger partial charge on any atom is -0.465 e. The van der Waals surface area contributed by atoms with Gasteiger partial charge >= 0.3 is 5.97 Å². The largest absolute Gasteiger partial charge is 0.465 e. The number of piperazine rings is 1. The average molecular weight is 318 g/mol. The van der Waals surface area contributed by atoms with Crippen LogP contribution in [0.1, 0.15) is 23.2 Å². The average Bonchev–Trinajstić information content (AvgIpc) is 3.15. The molecule has 2 saturated heterocycles. The second-order valence-electron chi connectivity index (χ2n) is 5.85. The Labute approximate surface area is 136 Å². The van der Waals surface area contributed by atoms with Crippen molar-refractivity contribution in [2.24, 2.45) is 0 Å². The van der Waals surface area contributed by atoms with Crippen molar-refractivity contribution in [1.82, 2.24) is 4.90 Å². The first-order chi connectivity index (χ1) is 11.2. The summed E-state index contributed by atoms with van der Waals surface area (Å²) in [5.41, 5.74) is 1.60. The van der Waals surface area contributed by atoms with E-state index < -0.39 is 0 Å². The molecule has 1 amide bonds. The van der Waals surface area contributed by atoms with Crippen molar-refractivity contribution in [1.29, 1.82) is 0 Å². The molecule has 1 aromatic rings. The summed E-state index contributed by atoms with van der Waals surface area (Å²) in [7, 11) is 1.38. The highest BCUT2D eigenvalue weighted by atomic mass is 16.5.